The maximum atomic E-state index is 11.4. The van der Waals surface area contributed by atoms with Gasteiger partial charge in [-0.2, -0.15) is 0 Å². The summed E-state index contributed by atoms with van der Waals surface area (Å²) in [5, 5.41) is 17.5. The Morgan fingerprint density at radius 3 is 2.52 bits per heavy atom. The molecule has 2 N–H and O–H groups in total. The number of nitrogens with one attached hydrogen (secondary N) is 2. The van der Waals surface area contributed by atoms with Crippen molar-refractivity contribution < 1.29 is 4.92 Å². The lowest BCUT2D eigenvalue weighted by atomic mass is 10.1. The molecule has 0 atom stereocenters. The SMILES string of the molecule is CCNc1cccc(Nc2ccc(Br)cc2C)c1[N+](=O)[O-]. The van der Waals surface area contributed by atoms with Crippen LogP contribution in [0.2, 0.25) is 0 Å². The molecule has 0 unspecified atom stereocenters. The van der Waals surface area contributed by atoms with Crippen molar-refractivity contribution in [3.05, 3.63) is 56.5 Å². The third kappa shape index (κ3) is 3.52. The molecule has 0 saturated carbocycles. The largest absolute Gasteiger partial charge is 0.380 e. The molecule has 6 heteroatoms. The van der Waals surface area contributed by atoms with Crippen LogP contribution in [0.5, 0.6) is 0 Å². The summed E-state index contributed by atoms with van der Waals surface area (Å²) in [6, 6.07) is 11.0. The van der Waals surface area contributed by atoms with Crippen LogP contribution in [-0.2, 0) is 0 Å². The highest BCUT2D eigenvalue weighted by Crippen LogP contribution is 2.35. The number of nitrogens with zero attached hydrogens (tertiary/aromatic N) is 1. The third-order valence-electron chi connectivity index (χ3n) is 3.04. The molecule has 0 aromatic heterocycles. The molecule has 0 saturated heterocycles. The molecule has 0 aliphatic heterocycles. The molecule has 0 heterocycles. The molecule has 0 radical (unpaired) electrons. The number of hydrogen-bond acceptors (Lipinski definition) is 4. The van der Waals surface area contributed by atoms with E-state index >= 15 is 0 Å². The van der Waals surface area contributed by atoms with E-state index in [0.717, 1.165) is 15.7 Å². The Morgan fingerprint density at radius 1 is 1.19 bits per heavy atom. The van der Waals surface area contributed by atoms with Crippen LogP contribution in [0, 0.1) is 17.0 Å². The maximum Gasteiger partial charge on any atom is 0.315 e. The van der Waals surface area contributed by atoms with Gasteiger partial charge in [0.1, 0.15) is 11.4 Å². The first kappa shape index (κ1) is 15.3. The molecule has 5 nitrogen and oxygen atoms in total. The molecular weight excluding hydrogens is 334 g/mol. The number of halogens is 1. The molecule has 0 bridgehead atoms. The van der Waals surface area contributed by atoms with Gasteiger partial charge in [0, 0.05) is 16.7 Å². The molecule has 21 heavy (non-hydrogen) atoms. The maximum absolute atomic E-state index is 11.4. The van der Waals surface area contributed by atoms with Crippen molar-refractivity contribution in [1.82, 2.24) is 0 Å². The lowest BCUT2D eigenvalue weighted by Gasteiger charge is -2.12. The first-order chi connectivity index (χ1) is 10.0. The second kappa shape index (κ2) is 6.58. The molecular formula is C15H16BrN3O2. The quantitative estimate of drug-likeness (QED) is 0.598. The number of aryl methyl sites for hydroxylation is 1. The van der Waals surface area contributed by atoms with Crippen LogP contribution >= 0.6 is 15.9 Å². The monoisotopic (exact) mass is 349 g/mol. The Labute approximate surface area is 131 Å². The smallest absolute Gasteiger partial charge is 0.315 e. The van der Waals surface area contributed by atoms with Crippen molar-refractivity contribution in [2.45, 2.75) is 13.8 Å². The van der Waals surface area contributed by atoms with Crippen molar-refractivity contribution in [1.29, 1.82) is 0 Å². The van der Waals surface area contributed by atoms with Gasteiger partial charge in [0.05, 0.1) is 4.92 Å². The fourth-order valence-corrected chi connectivity index (χ4v) is 2.56. The number of anilines is 3. The Kier molecular flexibility index (Phi) is 4.80. The molecule has 0 fully saturated rings. The Bertz CT molecular complexity index is 674. The summed E-state index contributed by atoms with van der Waals surface area (Å²) >= 11 is 3.41. The lowest BCUT2D eigenvalue weighted by molar-refractivity contribution is -0.383. The first-order valence-corrected chi connectivity index (χ1v) is 7.36. The van der Waals surface area contributed by atoms with Gasteiger partial charge in [-0.05, 0) is 49.7 Å². The molecule has 2 rings (SSSR count). The number of benzene rings is 2. The van der Waals surface area contributed by atoms with Gasteiger partial charge in [-0.15, -0.1) is 0 Å². The summed E-state index contributed by atoms with van der Waals surface area (Å²) in [4.78, 5) is 11.0. The van der Waals surface area contributed by atoms with Crippen LogP contribution < -0.4 is 10.6 Å². The van der Waals surface area contributed by atoms with Crippen LogP contribution in [0.4, 0.5) is 22.7 Å². The lowest BCUT2D eigenvalue weighted by Crippen LogP contribution is -2.04. The van der Waals surface area contributed by atoms with E-state index in [4.69, 9.17) is 0 Å². The van der Waals surface area contributed by atoms with Crippen molar-refractivity contribution in [3.63, 3.8) is 0 Å². The summed E-state index contributed by atoms with van der Waals surface area (Å²) in [5.74, 6) is 0. The predicted molar refractivity (Wildman–Crippen MR) is 89.4 cm³/mol. The van der Waals surface area contributed by atoms with Gasteiger partial charge in [0.25, 0.3) is 0 Å². The van der Waals surface area contributed by atoms with Gasteiger partial charge >= 0.3 is 5.69 Å². The van der Waals surface area contributed by atoms with Crippen LogP contribution in [-0.4, -0.2) is 11.5 Å². The van der Waals surface area contributed by atoms with Gasteiger partial charge < -0.3 is 10.6 Å². The topological polar surface area (TPSA) is 67.2 Å². The van der Waals surface area contributed by atoms with Gasteiger partial charge in [-0.25, -0.2) is 0 Å². The van der Waals surface area contributed by atoms with E-state index in [9.17, 15) is 10.1 Å². The highest BCUT2D eigenvalue weighted by molar-refractivity contribution is 9.10. The predicted octanol–water partition coefficient (Wildman–Crippen LogP) is 4.84. The number of nitro benzene ring substituents is 1. The fourth-order valence-electron chi connectivity index (χ4n) is 2.09. The third-order valence-corrected chi connectivity index (χ3v) is 3.54. The summed E-state index contributed by atoms with van der Waals surface area (Å²) in [6.07, 6.45) is 0. The van der Waals surface area contributed by atoms with Crippen LogP contribution in [0.3, 0.4) is 0 Å². The van der Waals surface area contributed by atoms with E-state index < -0.39 is 0 Å². The van der Waals surface area contributed by atoms with Crippen molar-refractivity contribution in [2.75, 3.05) is 17.2 Å². The molecule has 0 spiro atoms. The normalized spacial score (nSPS) is 10.2. The minimum Gasteiger partial charge on any atom is -0.380 e. The second-order valence-corrected chi connectivity index (χ2v) is 5.49. The van der Waals surface area contributed by atoms with Gasteiger partial charge in [0.2, 0.25) is 0 Å². The standard InChI is InChI=1S/C15H16BrN3O2/c1-3-17-13-5-4-6-14(15(13)19(20)21)18-12-8-7-11(16)9-10(12)2/h4-9,17-18H,3H2,1-2H3. The molecule has 110 valence electrons. The van der Waals surface area contributed by atoms with Gasteiger partial charge in [-0.3, -0.25) is 10.1 Å². The average Bonchev–Trinajstić information content (AvgIpc) is 2.42. The Balaban J connectivity index is 2.43. The minimum absolute atomic E-state index is 0.0571. The molecule has 0 aliphatic carbocycles. The Morgan fingerprint density at radius 2 is 1.90 bits per heavy atom. The molecule has 0 amide bonds. The number of hydrogen-bond donors (Lipinski definition) is 2. The molecule has 2 aromatic carbocycles. The zero-order valence-corrected chi connectivity index (χ0v) is 13.4. The van der Waals surface area contributed by atoms with E-state index in [2.05, 4.69) is 26.6 Å². The summed E-state index contributed by atoms with van der Waals surface area (Å²) in [5.41, 5.74) is 2.90. The minimum atomic E-state index is -0.367. The summed E-state index contributed by atoms with van der Waals surface area (Å²) in [6.45, 7) is 4.48. The number of para-hydroxylation sites is 1. The van der Waals surface area contributed by atoms with Crippen LogP contribution in [0.1, 0.15) is 12.5 Å². The van der Waals surface area contributed by atoms with Crippen molar-refractivity contribution in [2.24, 2.45) is 0 Å². The Hall–Kier alpha value is -2.08. The zero-order chi connectivity index (χ0) is 15.4. The van der Waals surface area contributed by atoms with Crippen molar-refractivity contribution in [3.8, 4) is 0 Å². The van der Waals surface area contributed by atoms with E-state index in [1.54, 1.807) is 18.2 Å². The van der Waals surface area contributed by atoms with Gasteiger partial charge in [0.15, 0.2) is 0 Å². The summed E-state index contributed by atoms with van der Waals surface area (Å²) in [7, 11) is 0. The zero-order valence-electron chi connectivity index (χ0n) is 11.8. The van der Waals surface area contributed by atoms with E-state index in [0.29, 0.717) is 17.9 Å². The number of nitro groups is 1. The summed E-state index contributed by atoms with van der Waals surface area (Å²) < 4.78 is 0.974. The van der Waals surface area contributed by atoms with Crippen molar-refractivity contribution >= 4 is 38.7 Å². The van der Waals surface area contributed by atoms with E-state index in [1.165, 1.54) is 0 Å². The fraction of sp³-hybridized carbons (Fsp3) is 0.200. The molecule has 2 aromatic rings. The van der Waals surface area contributed by atoms with Crippen LogP contribution in [0.15, 0.2) is 40.9 Å². The second-order valence-electron chi connectivity index (χ2n) is 4.57. The highest BCUT2D eigenvalue weighted by atomic mass is 79.9. The first-order valence-electron chi connectivity index (χ1n) is 6.57. The van der Waals surface area contributed by atoms with Crippen LogP contribution in [0.25, 0.3) is 0 Å². The van der Waals surface area contributed by atoms with Gasteiger partial charge in [-0.1, -0.05) is 22.0 Å². The number of rotatable bonds is 5. The highest BCUT2D eigenvalue weighted by Gasteiger charge is 2.19. The molecule has 0 aliphatic rings. The van der Waals surface area contributed by atoms with E-state index in [-0.39, 0.29) is 10.6 Å². The average molecular weight is 350 g/mol. The van der Waals surface area contributed by atoms with E-state index in [1.807, 2.05) is 32.0 Å².